The third kappa shape index (κ3) is 5.68. The van der Waals surface area contributed by atoms with Gasteiger partial charge >= 0.3 is 0 Å². The van der Waals surface area contributed by atoms with Crippen molar-refractivity contribution in [1.82, 2.24) is 19.8 Å². The van der Waals surface area contributed by atoms with Gasteiger partial charge in [0, 0.05) is 30.5 Å². The van der Waals surface area contributed by atoms with Gasteiger partial charge in [-0.05, 0) is 52.4 Å². The van der Waals surface area contributed by atoms with Crippen molar-refractivity contribution >= 4 is 51.4 Å². The van der Waals surface area contributed by atoms with Crippen molar-refractivity contribution in [1.29, 1.82) is 0 Å². The molecule has 2 aliphatic heterocycles. The Morgan fingerprint density at radius 2 is 2.16 bits per heavy atom. The molecule has 11 nitrogen and oxygen atoms in total. The van der Waals surface area contributed by atoms with Crippen LogP contribution >= 0.6 is 22.6 Å². The van der Waals surface area contributed by atoms with Crippen molar-refractivity contribution in [2.75, 3.05) is 31.7 Å². The summed E-state index contributed by atoms with van der Waals surface area (Å²) in [5.74, 6) is -1.36. The maximum absolute atomic E-state index is 14.8. The highest BCUT2D eigenvalue weighted by molar-refractivity contribution is 14.1. The van der Waals surface area contributed by atoms with Crippen LogP contribution in [0.1, 0.15) is 29.8 Å². The number of hydrogen-bond acceptors (Lipinski definition) is 8. The summed E-state index contributed by atoms with van der Waals surface area (Å²) >= 11 is 2.02. The highest BCUT2D eigenvalue weighted by Crippen LogP contribution is 2.29. The number of rotatable bonds is 8. The Morgan fingerprint density at radius 3 is 2.89 bits per heavy atom. The van der Waals surface area contributed by atoms with Crippen LogP contribution in [0, 0.1) is 9.39 Å². The minimum atomic E-state index is -0.810. The summed E-state index contributed by atoms with van der Waals surface area (Å²) in [5.41, 5.74) is 4.07. The molecule has 5 rings (SSSR count). The van der Waals surface area contributed by atoms with E-state index in [2.05, 4.69) is 15.8 Å². The average molecular weight is 637 g/mol. The molecule has 1 saturated heterocycles. The van der Waals surface area contributed by atoms with Crippen LogP contribution < -0.4 is 10.8 Å². The van der Waals surface area contributed by atoms with Crippen molar-refractivity contribution in [3.8, 4) is 0 Å². The monoisotopic (exact) mass is 637 g/mol. The number of anilines is 2. The van der Waals surface area contributed by atoms with E-state index < -0.39 is 17.5 Å². The maximum Gasteiger partial charge on any atom is 0.278 e. The molecule has 2 aliphatic rings. The Balaban J connectivity index is 1.47. The summed E-state index contributed by atoms with van der Waals surface area (Å²) in [7, 11) is 0. The van der Waals surface area contributed by atoms with Crippen LogP contribution in [0.4, 0.5) is 15.9 Å². The predicted molar refractivity (Wildman–Crippen MR) is 142 cm³/mol. The van der Waals surface area contributed by atoms with Crippen molar-refractivity contribution in [3.63, 3.8) is 0 Å². The number of nitrogens with one attached hydrogen (secondary N) is 2. The Kier molecular flexibility index (Phi) is 7.40. The van der Waals surface area contributed by atoms with Crippen LogP contribution in [-0.4, -0.2) is 58.3 Å². The topological polar surface area (TPSA) is 116 Å². The van der Waals surface area contributed by atoms with Gasteiger partial charge in [-0.1, -0.05) is 0 Å². The van der Waals surface area contributed by atoms with E-state index in [9.17, 15) is 14.0 Å². The number of ether oxygens (including phenoxy) is 3. The molecule has 38 heavy (non-hydrogen) atoms. The first-order valence-electron chi connectivity index (χ1n) is 11.7. The minimum Gasteiger partial charge on any atom is -0.457 e. The summed E-state index contributed by atoms with van der Waals surface area (Å²) in [4.78, 5) is 37.0. The number of imidazole rings is 1. The van der Waals surface area contributed by atoms with Gasteiger partial charge < -0.3 is 24.4 Å². The smallest absolute Gasteiger partial charge is 0.278 e. The number of pyridine rings is 1. The third-order valence-corrected chi connectivity index (χ3v) is 6.56. The molecule has 4 heterocycles. The zero-order valence-corrected chi connectivity index (χ0v) is 22.8. The van der Waals surface area contributed by atoms with Gasteiger partial charge in [0.05, 0.1) is 29.6 Å². The molecule has 0 radical (unpaired) electrons. The molecule has 2 N–H and O–H groups in total. The van der Waals surface area contributed by atoms with Crippen LogP contribution in [0.5, 0.6) is 0 Å². The quantitative estimate of drug-likeness (QED) is 0.285. The van der Waals surface area contributed by atoms with Crippen molar-refractivity contribution in [2.45, 2.75) is 26.2 Å². The minimum absolute atomic E-state index is 0.000889. The zero-order valence-electron chi connectivity index (χ0n) is 20.6. The lowest BCUT2D eigenvalue weighted by Gasteiger charge is -2.27. The van der Waals surface area contributed by atoms with Crippen LogP contribution in [0.2, 0.25) is 0 Å². The number of fused-ring (bicyclic) bond motifs is 1. The predicted octanol–water partition coefficient (Wildman–Crippen LogP) is 3.47. The van der Waals surface area contributed by atoms with Gasteiger partial charge in [0.2, 0.25) is 11.7 Å². The van der Waals surface area contributed by atoms with Gasteiger partial charge in [0.15, 0.2) is 5.76 Å². The normalized spacial score (nSPS) is 16.7. The summed E-state index contributed by atoms with van der Waals surface area (Å²) in [6, 6.07) is 6.36. The second-order valence-electron chi connectivity index (χ2n) is 9.12. The van der Waals surface area contributed by atoms with Gasteiger partial charge in [-0.25, -0.2) is 14.9 Å². The fraction of sp³-hybridized carbons (Fsp3) is 0.320. The molecule has 0 saturated carbocycles. The number of morpholine rings is 1. The zero-order chi connectivity index (χ0) is 26.9. The fourth-order valence-electron chi connectivity index (χ4n) is 4.09. The van der Waals surface area contributed by atoms with E-state index in [1.165, 1.54) is 18.7 Å². The largest absolute Gasteiger partial charge is 0.457 e. The molecule has 200 valence electrons. The lowest BCUT2D eigenvalue weighted by Crippen LogP contribution is -2.41. The first kappa shape index (κ1) is 26.2. The number of carbonyl (C=O) groups is 2. The molecule has 2 amide bonds. The molecular formula is C25H25FIN5O6. The van der Waals surface area contributed by atoms with E-state index in [-0.39, 0.29) is 42.7 Å². The molecule has 0 bridgehead atoms. The molecular weight excluding hydrogens is 612 g/mol. The van der Waals surface area contributed by atoms with E-state index in [4.69, 9.17) is 19.0 Å². The van der Waals surface area contributed by atoms with Gasteiger partial charge in [0.25, 0.3) is 5.91 Å². The summed E-state index contributed by atoms with van der Waals surface area (Å²) < 4.78 is 33.3. The van der Waals surface area contributed by atoms with E-state index in [0.29, 0.717) is 30.0 Å². The number of hydroxylamine groups is 1. The molecule has 0 atom stereocenters. The van der Waals surface area contributed by atoms with Gasteiger partial charge in [-0.3, -0.25) is 18.8 Å². The average Bonchev–Trinajstić information content (AvgIpc) is 3.49. The molecule has 0 spiro atoms. The number of halogens is 2. The molecule has 3 aromatic rings. The van der Waals surface area contributed by atoms with Gasteiger partial charge in [-0.2, -0.15) is 0 Å². The lowest BCUT2D eigenvalue weighted by atomic mass is 10.1. The number of benzene rings is 1. The number of amides is 2. The van der Waals surface area contributed by atoms with Gasteiger partial charge in [0.1, 0.15) is 37.4 Å². The van der Waals surface area contributed by atoms with Gasteiger partial charge in [-0.15, -0.1) is 0 Å². The Hall–Kier alpha value is -3.43. The SMILES string of the molecule is CC1(C)OC=C(CONC(=O)c2cc(CN3CCOCC3=O)c3cncn3c2Nc2ccc(I)cc2F)O1. The second-order valence-corrected chi connectivity index (χ2v) is 10.4. The Morgan fingerprint density at radius 1 is 1.32 bits per heavy atom. The molecule has 0 unspecified atom stereocenters. The van der Waals surface area contributed by atoms with Crippen molar-refractivity contribution in [2.24, 2.45) is 0 Å². The van der Waals surface area contributed by atoms with Crippen molar-refractivity contribution in [3.05, 3.63) is 69.3 Å². The van der Waals surface area contributed by atoms with E-state index in [1.54, 1.807) is 47.5 Å². The highest BCUT2D eigenvalue weighted by atomic mass is 127. The van der Waals surface area contributed by atoms with Crippen molar-refractivity contribution < 1.29 is 33.0 Å². The van der Waals surface area contributed by atoms with Crippen LogP contribution in [-0.2, 0) is 30.4 Å². The Labute approximate surface area is 231 Å². The van der Waals surface area contributed by atoms with Crippen LogP contribution in [0.25, 0.3) is 5.52 Å². The molecule has 13 heteroatoms. The maximum atomic E-state index is 14.8. The molecule has 0 aliphatic carbocycles. The van der Waals surface area contributed by atoms with E-state index in [0.717, 1.165) is 3.57 Å². The second kappa shape index (κ2) is 10.7. The number of hydrogen-bond donors (Lipinski definition) is 2. The highest BCUT2D eigenvalue weighted by Gasteiger charge is 2.28. The fourth-order valence-corrected chi connectivity index (χ4v) is 4.54. The number of aromatic nitrogens is 2. The summed E-state index contributed by atoms with van der Waals surface area (Å²) in [6.07, 6.45) is 4.56. The van der Waals surface area contributed by atoms with E-state index in [1.807, 2.05) is 22.6 Å². The summed E-state index contributed by atoms with van der Waals surface area (Å²) in [5, 5.41) is 3.03. The van der Waals surface area contributed by atoms with Crippen LogP contribution in [0.3, 0.4) is 0 Å². The first-order valence-corrected chi connectivity index (χ1v) is 12.8. The number of carbonyl (C=O) groups excluding carboxylic acids is 2. The summed E-state index contributed by atoms with van der Waals surface area (Å²) in [6.45, 7) is 4.52. The number of nitrogens with zero attached hydrogens (tertiary/aromatic N) is 3. The van der Waals surface area contributed by atoms with Crippen LogP contribution in [0.15, 0.2) is 48.8 Å². The molecule has 1 fully saturated rings. The third-order valence-electron chi connectivity index (χ3n) is 5.89. The first-order chi connectivity index (χ1) is 18.2. The van der Waals surface area contributed by atoms with E-state index >= 15 is 0 Å². The molecule has 1 aromatic carbocycles. The standard InChI is InChI=1S/C25H25FIN5O6/c1-25(2)36-11-17(38-25)12-37-30-24(34)18-7-15(10-31-5-6-35-13-22(31)33)21-9-28-14-32(21)23(18)29-20-4-3-16(27)8-19(20)26/h3-4,7-9,11,14,29H,5-6,10,12-13H2,1-2H3,(H,30,34). The Bertz CT molecular complexity index is 1420. The lowest BCUT2D eigenvalue weighted by molar-refractivity contribution is -0.143. The molecule has 2 aromatic heterocycles.